The maximum absolute atomic E-state index is 5.55. The first-order valence-electron chi connectivity index (χ1n) is 6.83. The summed E-state index contributed by atoms with van der Waals surface area (Å²) >= 11 is 0. The van der Waals surface area contributed by atoms with Crippen LogP contribution in [0.3, 0.4) is 0 Å². The van der Waals surface area contributed by atoms with Gasteiger partial charge < -0.3 is 16.0 Å². The normalized spacial score (nSPS) is 17.6. The average Bonchev–Trinajstić information content (AvgIpc) is 2.40. The lowest BCUT2D eigenvalue weighted by Gasteiger charge is -2.27. The lowest BCUT2D eigenvalue weighted by atomic mass is 10.1. The number of hydrogen-bond acceptors (Lipinski definition) is 5. The summed E-state index contributed by atoms with van der Waals surface area (Å²) in [6, 6.07) is 2.39. The van der Waals surface area contributed by atoms with Crippen LogP contribution in [0.2, 0.25) is 0 Å². The minimum Gasteiger partial charge on any atom is -0.367 e. The van der Waals surface area contributed by atoms with E-state index < -0.39 is 0 Å². The molecule has 1 aromatic heterocycles. The maximum Gasteiger partial charge on any atom is 0.134 e. The van der Waals surface area contributed by atoms with Crippen LogP contribution in [-0.2, 0) is 0 Å². The Kier molecular flexibility index (Phi) is 4.75. The minimum atomic E-state index is 0.346. The molecule has 2 heterocycles. The Labute approximate surface area is 109 Å². The zero-order valence-corrected chi connectivity index (χ0v) is 11.1. The maximum atomic E-state index is 5.55. The zero-order chi connectivity index (χ0) is 12.8. The minimum absolute atomic E-state index is 0.346. The van der Waals surface area contributed by atoms with Crippen LogP contribution < -0.4 is 16.0 Å². The molecule has 0 radical (unpaired) electrons. The summed E-state index contributed by atoms with van der Waals surface area (Å²) in [5.41, 5.74) is 5.55. The molecule has 1 aliphatic heterocycles. The first-order valence-corrected chi connectivity index (χ1v) is 6.83. The van der Waals surface area contributed by atoms with Crippen LogP contribution in [0.25, 0.3) is 0 Å². The van der Waals surface area contributed by atoms with Crippen molar-refractivity contribution < 1.29 is 0 Å². The highest BCUT2D eigenvalue weighted by molar-refractivity contribution is 5.48. The lowest BCUT2D eigenvalue weighted by Crippen LogP contribution is -2.30. The van der Waals surface area contributed by atoms with Gasteiger partial charge in [-0.1, -0.05) is 0 Å². The van der Waals surface area contributed by atoms with E-state index in [9.17, 15) is 0 Å². The average molecular weight is 249 g/mol. The van der Waals surface area contributed by atoms with E-state index in [0.717, 1.165) is 31.1 Å². The molecule has 1 saturated heterocycles. The SMILES string of the molecule is CC(CCN)Nc1cc(N2CCCCC2)ncn1. The third-order valence-electron chi connectivity index (χ3n) is 3.33. The topological polar surface area (TPSA) is 67.1 Å². The summed E-state index contributed by atoms with van der Waals surface area (Å²) in [5, 5.41) is 3.36. The highest BCUT2D eigenvalue weighted by Gasteiger charge is 2.13. The van der Waals surface area contributed by atoms with Gasteiger partial charge in [0.2, 0.25) is 0 Å². The van der Waals surface area contributed by atoms with Gasteiger partial charge in [0.25, 0.3) is 0 Å². The van der Waals surface area contributed by atoms with Crippen LogP contribution in [-0.4, -0.2) is 35.6 Å². The number of aromatic nitrogens is 2. The van der Waals surface area contributed by atoms with E-state index in [0.29, 0.717) is 12.6 Å². The summed E-state index contributed by atoms with van der Waals surface area (Å²) in [4.78, 5) is 11.0. The molecule has 1 atom stereocenters. The van der Waals surface area contributed by atoms with E-state index in [1.807, 2.05) is 6.07 Å². The van der Waals surface area contributed by atoms with E-state index in [1.54, 1.807) is 6.33 Å². The highest BCUT2D eigenvalue weighted by Crippen LogP contribution is 2.19. The molecule has 5 nitrogen and oxygen atoms in total. The van der Waals surface area contributed by atoms with Gasteiger partial charge in [-0.25, -0.2) is 9.97 Å². The summed E-state index contributed by atoms with van der Waals surface area (Å²) in [5.74, 6) is 1.93. The number of nitrogens with two attached hydrogens (primary N) is 1. The molecule has 5 heteroatoms. The second-order valence-corrected chi connectivity index (χ2v) is 4.93. The molecule has 1 aromatic rings. The van der Waals surface area contributed by atoms with E-state index >= 15 is 0 Å². The number of piperidine rings is 1. The Morgan fingerprint density at radius 1 is 1.33 bits per heavy atom. The Bertz CT molecular complexity index is 362. The molecule has 0 aromatic carbocycles. The van der Waals surface area contributed by atoms with E-state index in [-0.39, 0.29) is 0 Å². The van der Waals surface area contributed by atoms with Crippen molar-refractivity contribution in [3.05, 3.63) is 12.4 Å². The Morgan fingerprint density at radius 2 is 2.11 bits per heavy atom. The van der Waals surface area contributed by atoms with Gasteiger partial charge in [0.05, 0.1) is 0 Å². The van der Waals surface area contributed by atoms with Gasteiger partial charge >= 0.3 is 0 Å². The van der Waals surface area contributed by atoms with Crippen molar-refractivity contribution in [1.29, 1.82) is 0 Å². The van der Waals surface area contributed by atoms with Crippen LogP contribution in [0.4, 0.5) is 11.6 Å². The Hall–Kier alpha value is -1.36. The van der Waals surface area contributed by atoms with Crippen molar-refractivity contribution in [3.63, 3.8) is 0 Å². The molecule has 18 heavy (non-hydrogen) atoms. The summed E-state index contributed by atoms with van der Waals surface area (Å²) in [6.07, 6.45) is 6.44. The van der Waals surface area contributed by atoms with Gasteiger partial charge in [-0.2, -0.15) is 0 Å². The molecule has 1 unspecified atom stereocenters. The molecule has 1 aliphatic rings. The van der Waals surface area contributed by atoms with E-state index in [2.05, 4.69) is 27.1 Å². The molecule has 1 fully saturated rings. The van der Waals surface area contributed by atoms with Crippen molar-refractivity contribution in [2.75, 3.05) is 29.9 Å². The summed E-state index contributed by atoms with van der Waals surface area (Å²) in [7, 11) is 0. The van der Waals surface area contributed by atoms with Crippen LogP contribution in [0.15, 0.2) is 12.4 Å². The highest BCUT2D eigenvalue weighted by atomic mass is 15.2. The standard InChI is InChI=1S/C13H23N5/c1-11(5-6-14)17-12-9-13(16-10-15-12)18-7-3-2-4-8-18/h9-11H,2-8,14H2,1H3,(H,15,16,17). The molecule has 0 bridgehead atoms. The molecular weight excluding hydrogens is 226 g/mol. The zero-order valence-electron chi connectivity index (χ0n) is 11.1. The van der Waals surface area contributed by atoms with Crippen LogP contribution in [0, 0.1) is 0 Å². The largest absolute Gasteiger partial charge is 0.367 e. The number of anilines is 2. The van der Waals surface area contributed by atoms with Crippen molar-refractivity contribution in [1.82, 2.24) is 9.97 Å². The second-order valence-electron chi connectivity index (χ2n) is 4.93. The third kappa shape index (κ3) is 3.57. The van der Waals surface area contributed by atoms with Crippen molar-refractivity contribution in [3.8, 4) is 0 Å². The number of rotatable bonds is 5. The summed E-state index contributed by atoms with van der Waals surface area (Å²) < 4.78 is 0. The third-order valence-corrected chi connectivity index (χ3v) is 3.33. The Balaban J connectivity index is 2.00. The molecule has 0 spiro atoms. The number of hydrogen-bond donors (Lipinski definition) is 2. The van der Waals surface area contributed by atoms with Crippen molar-refractivity contribution in [2.45, 2.75) is 38.6 Å². The van der Waals surface area contributed by atoms with Crippen LogP contribution in [0.5, 0.6) is 0 Å². The van der Waals surface area contributed by atoms with E-state index in [1.165, 1.54) is 19.3 Å². The number of nitrogens with zero attached hydrogens (tertiary/aromatic N) is 3. The number of nitrogens with one attached hydrogen (secondary N) is 1. The Morgan fingerprint density at radius 3 is 2.83 bits per heavy atom. The van der Waals surface area contributed by atoms with Gasteiger partial charge in [0.1, 0.15) is 18.0 Å². The molecule has 0 aliphatic carbocycles. The van der Waals surface area contributed by atoms with Crippen molar-refractivity contribution >= 4 is 11.6 Å². The van der Waals surface area contributed by atoms with Gasteiger partial charge in [-0.3, -0.25) is 0 Å². The predicted molar refractivity (Wildman–Crippen MR) is 74.9 cm³/mol. The monoisotopic (exact) mass is 249 g/mol. The molecule has 2 rings (SSSR count). The quantitative estimate of drug-likeness (QED) is 0.830. The van der Waals surface area contributed by atoms with Gasteiger partial charge in [-0.05, 0) is 39.2 Å². The fourth-order valence-electron chi connectivity index (χ4n) is 2.30. The first kappa shape index (κ1) is 13.1. The molecule has 0 amide bonds. The van der Waals surface area contributed by atoms with Crippen LogP contribution >= 0.6 is 0 Å². The fourth-order valence-corrected chi connectivity index (χ4v) is 2.30. The van der Waals surface area contributed by atoms with E-state index in [4.69, 9.17) is 5.73 Å². The smallest absolute Gasteiger partial charge is 0.134 e. The predicted octanol–water partition coefficient (Wildman–Crippen LogP) is 1.62. The molecule has 0 saturated carbocycles. The molecule has 100 valence electrons. The first-order chi connectivity index (χ1) is 8.79. The van der Waals surface area contributed by atoms with Gasteiger partial charge in [0, 0.05) is 25.2 Å². The van der Waals surface area contributed by atoms with Crippen molar-refractivity contribution in [2.24, 2.45) is 5.73 Å². The van der Waals surface area contributed by atoms with Gasteiger partial charge in [0.15, 0.2) is 0 Å². The lowest BCUT2D eigenvalue weighted by molar-refractivity contribution is 0.573. The molecule has 3 N–H and O–H groups in total. The van der Waals surface area contributed by atoms with Gasteiger partial charge in [-0.15, -0.1) is 0 Å². The fraction of sp³-hybridized carbons (Fsp3) is 0.692. The summed E-state index contributed by atoms with van der Waals surface area (Å²) in [6.45, 7) is 5.03. The van der Waals surface area contributed by atoms with Crippen LogP contribution in [0.1, 0.15) is 32.6 Å². The second kappa shape index (κ2) is 6.54. The molecular formula is C13H23N5.